The predicted octanol–water partition coefficient (Wildman–Crippen LogP) is 1.63. The number of anilines is 1. The molecule has 0 aromatic carbocycles. The van der Waals surface area contributed by atoms with Gasteiger partial charge < -0.3 is 19.3 Å². The number of nitrogens with one attached hydrogen (secondary N) is 1. The molecule has 0 atom stereocenters. The molecule has 0 saturated carbocycles. The van der Waals surface area contributed by atoms with Gasteiger partial charge >= 0.3 is 0 Å². The Bertz CT molecular complexity index is 724. The monoisotopic (exact) mass is 331 g/mol. The first-order valence-electron chi connectivity index (χ1n) is 8.55. The highest BCUT2D eigenvalue weighted by Crippen LogP contribution is 2.17. The van der Waals surface area contributed by atoms with Gasteiger partial charge in [0.25, 0.3) is 5.56 Å². The number of hydrogen-bond donors (Lipinski definition) is 1. The summed E-state index contributed by atoms with van der Waals surface area (Å²) in [5, 5.41) is 7.57. The Balaban J connectivity index is 1.57. The van der Waals surface area contributed by atoms with E-state index in [1.807, 2.05) is 20.8 Å². The summed E-state index contributed by atoms with van der Waals surface area (Å²) in [6.45, 7) is 9.01. The average Bonchev–Trinajstić information content (AvgIpc) is 2.92. The van der Waals surface area contributed by atoms with E-state index < -0.39 is 0 Å². The zero-order valence-corrected chi connectivity index (χ0v) is 14.6. The molecule has 24 heavy (non-hydrogen) atoms. The fourth-order valence-electron chi connectivity index (χ4n) is 3.20. The number of piperidine rings is 1. The highest BCUT2D eigenvalue weighted by Gasteiger charge is 2.22. The molecule has 1 aliphatic rings. The van der Waals surface area contributed by atoms with Gasteiger partial charge in [0.1, 0.15) is 5.76 Å². The summed E-state index contributed by atoms with van der Waals surface area (Å²) in [7, 11) is 0. The molecule has 1 fully saturated rings. The molecule has 1 N–H and O–H groups in total. The van der Waals surface area contributed by atoms with Crippen molar-refractivity contribution in [2.24, 2.45) is 0 Å². The van der Waals surface area contributed by atoms with E-state index in [0.717, 1.165) is 49.5 Å². The largest absolute Gasteiger partial charge is 0.361 e. The first-order chi connectivity index (χ1) is 11.6. The maximum Gasteiger partial charge on any atom is 0.293 e. The van der Waals surface area contributed by atoms with Crippen LogP contribution in [0.5, 0.6) is 0 Å². The smallest absolute Gasteiger partial charge is 0.293 e. The highest BCUT2D eigenvalue weighted by atomic mass is 16.5. The van der Waals surface area contributed by atoms with Gasteiger partial charge in [-0.25, -0.2) is 4.98 Å². The zero-order valence-electron chi connectivity index (χ0n) is 14.6. The third kappa shape index (κ3) is 3.36. The molecule has 0 bridgehead atoms. The SMILES string of the molecule is CCn1ccnc(N2CCC(NCc3c(C)noc3C)CC2)c1=O. The molecule has 130 valence electrons. The third-order valence-electron chi connectivity index (χ3n) is 4.78. The van der Waals surface area contributed by atoms with Crippen LogP contribution in [0.15, 0.2) is 21.7 Å². The minimum atomic E-state index is 0.00197. The van der Waals surface area contributed by atoms with Gasteiger partial charge in [-0.05, 0) is 33.6 Å². The van der Waals surface area contributed by atoms with Gasteiger partial charge in [0.2, 0.25) is 0 Å². The van der Waals surface area contributed by atoms with Gasteiger partial charge in [-0.1, -0.05) is 5.16 Å². The molecule has 7 nitrogen and oxygen atoms in total. The molecule has 0 unspecified atom stereocenters. The summed E-state index contributed by atoms with van der Waals surface area (Å²) in [5.74, 6) is 1.45. The number of hydrogen-bond acceptors (Lipinski definition) is 6. The van der Waals surface area contributed by atoms with E-state index >= 15 is 0 Å². The summed E-state index contributed by atoms with van der Waals surface area (Å²) >= 11 is 0. The second kappa shape index (κ2) is 7.17. The molecule has 0 radical (unpaired) electrons. The van der Waals surface area contributed by atoms with Crippen molar-refractivity contribution in [3.8, 4) is 0 Å². The molecule has 0 amide bonds. The molecule has 2 aromatic heterocycles. The Kier molecular flexibility index (Phi) is 4.99. The standard InChI is InChI=1S/C17H25N5O2/c1-4-21-10-7-18-16(17(21)23)22-8-5-14(6-9-22)19-11-15-12(2)20-24-13(15)3/h7,10,14,19H,4-6,8-9,11H2,1-3H3. The summed E-state index contributed by atoms with van der Waals surface area (Å²) in [4.78, 5) is 18.8. The van der Waals surface area contributed by atoms with Crippen LogP contribution in [0.3, 0.4) is 0 Å². The second-order valence-corrected chi connectivity index (χ2v) is 6.29. The number of aryl methyl sites for hydroxylation is 3. The van der Waals surface area contributed by atoms with Crippen molar-refractivity contribution in [1.29, 1.82) is 0 Å². The summed E-state index contributed by atoms with van der Waals surface area (Å²) in [6.07, 6.45) is 5.43. The molecule has 2 aromatic rings. The molecule has 1 saturated heterocycles. The molecule has 7 heteroatoms. The minimum Gasteiger partial charge on any atom is -0.361 e. The van der Waals surface area contributed by atoms with E-state index in [9.17, 15) is 4.79 Å². The van der Waals surface area contributed by atoms with Crippen LogP contribution in [-0.4, -0.2) is 33.8 Å². The molecule has 3 heterocycles. The van der Waals surface area contributed by atoms with Crippen LogP contribution in [0.25, 0.3) is 0 Å². The summed E-state index contributed by atoms with van der Waals surface area (Å²) in [5.41, 5.74) is 2.10. The molecule has 0 aliphatic carbocycles. The van der Waals surface area contributed by atoms with Gasteiger partial charge in [-0.3, -0.25) is 4.79 Å². The van der Waals surface area contributed by atoms with Crippen molar-refractivity contribution in [1.82, 2.24) is 20.0 Å². The topological polar surface area (TPSA) is 76.2 Å². The minimum absolute atomic E-state index is 0.00197. The maximum atomic E-state index is 12.4. The predicted molar refractivity (Wildman–Crippen MR) is 92.2 cm³/mol. The second-order valence-electron chi connectivity index (χ2n) is 6.29. The van der Waals surface area contributed by atoms with Gasteiger partial charge in [-0.15, -0.1) is 0 Å². The Morgan fingerprint density at radius 3 is 2.71 bits per heavy atom. The lowest BCUT2D eigenvalue weighted by atomic mass is 10.0. The number of aromatic nitrogens is 3. The molecular weight excluding hydrogens is 306 g/mol. The van der Waals surface area contributed by atoms with Crippen molar-refractivity contribution in [3.05, 3.63) is 39.8 Å². The van der Waals surface area contributed by atoms with E-state index in [0.29, 0.717) is 18.4 Å². The van der Waals surface area contributed by atoms with Gasteiger partial charge in [0.15, 0.2) is 5.82 Å². The fraction of sp³-hybridized carbons (Fsp3) is 0.588. The van der Waals surface area contributed by atoms with E-state index in [-0.39, 0.29) is 5.56 Å². The van der Waals surface area contributed by atoms with E-state index in [1.54, 1.807) is 17.0 Å². The van der Waals surface area contributed by atoms with Gasteiger partial charge in [0.05, 0.1) is 5.69 Å². The third-order valence-corrected chi connectivity index (χ3v) is 4.78. The quantitative estimate of drug-likeness (QED) is 0.897. The van der Waals surface area contributed by atoms with Crippen molar-refractivity contribution >= 4 is 5.82 Å². The normalized spacial score (nSPS) is 15.9. The van der Waals surface area contributed by atoms with Crippen molar-refractivity contribution in [2.45, 2.75) is 52.7 Å². The summed E-state index contributed by atoms with van der Waals surface area (Å²) in [6, 6.07) is 0.437. The Hall–Kier alpha value is -2.15. The van der Waals surface area contributed by atoms with Crippen LogP contribution >= 0.6 is 0 Å². The van der Waals surface area contributed by atoms with E-state index in [2.05, 4.69) is 20.4 Å². The van der Waals surface area contributed by atoms with Crippen molar-refractivity contribution < 1.29 is 4.52 Å². The van der Waals surface area contributed by atoms with Gasteiger partial charge in [-0.2, -0.15) is 0 Å². The zero-order chi connectivity index (χ0) is 17.1. The van der Waals surface area contributed by atoms with Crippen molar-refractivity contribution in [3.63, 3.8) is 0 Å². The highest BCUT2D eigenvalue weighted by molar-refractivity contribution is 5.36. The van der Waals surface area contributed by atoms with Crippen LogP contribution in [0.2, 0.25) is 0 Å². The van der Waals surface area contributed by atoms with Crippen LogP contribution < -0.4 is 15.8 Å². The van der Waals surface area contributed by atoms with E-state index in [1.165, 1.54) is 0 Å². The molecule has 0 spiro atoms. The van der Waals surface area contributed by atoms with Gasteiger partial charge in [0, 0.05) is 50.2 Å². The van der Waals surface area contributed by atoms with Crippen LogP contribution in [-0.2, 0) is 13.1 Å². The molecule has 3 rings (SSSR count). The first kappa shape index (κ1) is 16.7. The average molecular weight is 331 g/mol. The Morgan fingerprint density at radius 2 is 2.08 bits per heavy atom. The van der Waals surface area contributed by atoms with Crippen molar-refractivity contribution in [2.75, 3.05) is 18.0 Å². The fourth-order valence-corrected chi connectivity index (χ4v) is 3.20. The summed E-state index contributed by atoms with van der Waals surface area (Å²) < 4.78 is 6.90. The molecule has 1 aliphatic heterocycles. The van der Waals surface area contributed by atoms with Crippen LogP contribution in [0, 0.1) is 13.8 Å². The lowest BCUT2D eigenvalue weighted by Gasteiger charge is -2.33. The first-order valence-corrected chi connectivity index (χ1v) is 8.55. The lowest BCUT2D eigenvalue weighted by molar-refractivity contribution is 0.388. The van der Waals surface area contributed by atoms with Crippen LogP contribution in [0.4, 0.5) is 5.82 Å². The number of rotatable bonds is 5. The van der Waals surface area contributed by atoms with Crippen LogP contribution in [0.1, 0.15) is 36.8 Å². The Labute approximate surface area is 141 Å². The lowest BCUT2D eigenvalue weighted by Crippen LogP contribution is -2.44. The molecular formula is C17H25N5O2. The van der Waals surface area contributed by atoms with E-state index in [4.69, 9.17) is 4.52 Å². The Morgan fingerprint density at radius 1 is 1.33 bits per heavy atom. The number of nitrogens with zero attached hydrogens (tertiary/aromatic N) is 4. The maximum absolute atomic E-state index is 12.4.